The van der Waals surface area contributed by atoms with Crippen molar-refractivity contribution < 1.29 is 4.39 Å². The minimum absolute atomic E-state index is 0.189. The molecule has 0 radical (unpaired) electrons. The van der Waals surface area contributed by atoms with Crippen LogP contribution in [0.3, 0.4) is 0 Å². The SMILES string of the molecule is C=C1CC/C=C\NC(CCNCC/C=N/c2c(C(C)(CC)N=C/C=C\C(F)=C\CC)nn(C)c2SC)N1. The highest BCUT2D eigenvalue weighted by atomic mass is 32.2. The predicted octanol–water partition coefficient (Wildman–Crippen LogP) is 6.06. The van der Waals surface area contributed by atoms with E-state index in [9.17, 15) is 4.39 Å². The maximum absolute atomic E-state index is 13.6. The molecule has 0 spiro atoms. The predicted molar refractivity (Wildman–Crippen MR) is 158 cm³/mol. The molecule has 1 aromatic rings. The lowest BCUT2D eigenvalue weighted by molar-refractivity contribution is 0.455. The van der Waals surface area contributed by atoms with Crippen molar-refractivity contribution in [2.45, 2.75) is 76.0 Å². The zero-order valence-corrected chi connectivity index (χ0v) is 23.9. The molecule has 2 rings (SSSR count). The lowest BCUT2D eigenvalue weighted by Crippen LogP contribution is -2.41. The third kappa shape index (κ3) is 9.97. The molecule has 3 N–H and O–H groups in total. The van der Waals surface area contributed by atoms with Crippen LogP contribution in [0.2, 0.25) is 0 Å². The zero-order valence-electron chi connectivity index (χ0n) is 23.1. The Morgan fingerprint density at radius 1 is 1.41 bits per heavy atom. The monoisotopic (exact) mass is 529 g/mol. The number of aliphatic imine (C=N–C) groups is 2. The second-order valence-electron chi connectivity index (χ2n) is 9.14. The van der Waals surface area contributed by atoms with Crippen LogP contribution >= 0.6 is 11.8 Å². The molecule has 204 valence electrons. The highest BCUT2D eigenvalue weighted by Gasteiger charge is 2.31. The van der Waals surface area contributed by atoms with Gasteiger partial charge in [-0.2, -0.15) is 5.10 Å². The summed E-state index contributed by atoms with van der Waals surface area (Å²) in [6, 6.07) is 0. The molecule has 1 aliphatic rings. The molecule has 0 saturated carbocycles. The molecule has 9 heteroatoms. The van der Waals surface area contributed by atoms with Gasteiger partial charge in [0.2, 0.25) is 0 Å². The number of aromatic nitrogens is 2. The maximum atomic E-state index is 13.6. The van der Waals surface area contributed by atoms with Gasteiger partial charge in [-0.25, -0.2) is 4.39 Å². The molecular weight excluding hydrogens is 485 g/mol. The lowest BCUT2D eigenvalue weighted by atomic mass is 9.94. The summed E-state index contributed by atoms with van der Waals surface area (Å²) in [5.41, 5.74) is 2.19. The number of nitrogens with one attached hydrogen (secondary N) is 3. The summed E-state index contributed by atoms with van der Waals surface area (Å²) in [5.74, 6) is -0.256. The Kier molecular flexibility index (Phi) is 13.4. The van der Waals surface area contributed by atoms with Gasteiger partial charge in [0.05, 0.1) is 6.17 Å². The largest absolute Gasteiger partial charge is 0.372 e. The summed E-state index contributed by atoms with van der Waals surface area (Å²) < 4.78 is 15.5. The maximum Gasteiger partial charge on any atom is 0.120 e. The molecule has 0 fully saturated rings. The van der Waals surface area contributed by atoms with Crippen LogP contribution in [-0.2, 0) is 12.6 Å². The minimum atomic E-state index is -0.567. The highest BCUT2D eigenvalue weighted by Crippen LogP contribution is 2.40. The molecule has 0 saturated heterocycles. The number of nitrogens with zero attached hydrogens (tertiary/aromatic N) is 4. The fourth-order valence-corrected chi connectivity index (χ4v) is 4.51. The van der Waals surface area contributed by atoms with Crippen LogP contribution in [0.5, 0.6) is 0 Å². The standard InChI is InChI=1S/C28H44FN7S/c1-7-13-23(29)15-11-20-33-28(4,8-2)26-25(27(37-6)36(5)35-26)32-19-12-17-30-21-16-24-31-18-10-9-14-22(3)34-24/h10-11,13,15,18-20,24,30-31,34H,3,7-9,12,14,16-17,21H2,1-2,4-6H3/b15-11-,18-10-,23-13-,32-19+,33-20?. The number of halogens is 1. The van der Waals surface area contributed by atoms with Crippen molar-refractivity contribution in [3.05, 3.63) is 54.3 Å². The fourth-order valence-electron chi connectivity index (χ4n) is 3.87. The van der Waals surface area contributed by atoms with Crippen LogP contribution < -0.4 is 16.0 Å². The van der Waals surface area contributed by atoms with Crippen LogP contribution in [0.4, 0.5) is 10.1 Å². The number of aryl methyl sites for hydroxylation is 1. The van der Waals surface area contributed by atoms with Gasteiger partial charge < -0.3 is 16.0 Å². The number of hydrogen-bond acceptors (Lipinski definition) is 7. The highest BCUT2D eigenvalue weighted by molar-refractivity contribution is 7.98. The molecular formula is C28H44FN7S. The Hall–Kier alpha value is -2.65. The molecule has 37 heavy (non-hydrogen) atoms. The first-order valence-corrected chi connectivity index (χ1v) is 14.3. The van der Waals surface area contributed by atoms with Crippen molar-refractivity contribution in [1.29, 1.82) is 0 Å². The van der Waals surface area contributed by atoms with Gasteiger partial charge >= 0.3 is 0 Å². The van der Waals surface area contributed by atoms with E-state index in [0.29, 0.717) is 6.42 Å². The first-order valence-electron chi connectivity index (χ1n) is 13.1. The van der Waals surface area contributed by atoms with Gasteiger partial charge in [0.25, 0.3) is 0 Å². The van der Waals surface area contributed by atoms with E-state index in [-0.39, 0.29) is 12.0 Å². The van der Waals surface area contributed by atoms with Crippen molar-refractivity contribution >= 4 is 29.9 Å². The summed E-state index contributed by atoms with van der Waals surface area (Å²) in [7, 11) is 1.93. The molecule has 0 bridgehead atoms. The van der Waals surface area contributed by atoms with Gasteiger partial charge in [-0.05, 0) is 82.7 Å². The summed E-state index contributed by atoms with van der Waals surface area (Å²) in [4.78, 5) is 9.59. The van der Waals surface area contributed by atoms with E-state index in [2.05, 4.69) is 35.5 Å². The third-order valence-electron chi connectivity index (χ3n) is 6.15. The van der Waals surface area contributed by atoms with E-state index >= 15 is 0 Å². The van der Waals surface area contributed by atoms with Crippen LogP contribution in [0.25, 0.3) is 0 Å². The molecule has 7 nitrogen and oxygen atoms in total. The second kappa shape index (κ2) is 16.2. The number of thioether (sulfide) groups is 1. The summed E-state index contributed by atoms with van der Waals surface area (Å²) >= 11 is 1.62. The first-order chi connectivity index (χ1) is 17.8. The van der Waals surface area contributed by atoms with Crippen LogP contribution in [0.15, 0.2) is 63.6 Å². The van der Waals surface area contributed by atoms with E-state index in [1.54, 1.807) is 24.1 Å². The van der Waals surface area contributed by atoms with Crippen molar-refractivity contribution in [2.24, 2.45) is 17.0 Å². The molecule has 0 aromatic carbocycles. The van der Waals surface area contributed by atoms with E-state index in [0.717, 1.165) is 67.3 Å². The summed E-state index contributed by atoms with van der Waals surface area (Å²) in [5, 5.41) is 16.1. The number of rotatable bonds is 14. The van der Waals surface area contributed by atoms with Gasteiger partial charge in [0.15, 0.2) is 0 Å². The lowest BCUT2D eigenvalue weighted by Gasteiger charge is -2.23. The topological polar surface area (TPSA) is 78.6 Å². The van der Waals surface area contributed by atoms with E-state index in [1.807, 2.05) is 44.2 Å². The Morgan fingerprint density at radius 2 is 2.22 bits per heavy atom. The van der Waals surface area contributed by atoms with Crippen LogP contribution in [-0.4, -0.2) is 47.7 Å². The van der Waals surface area contributed by atoms with Gasteiger partial charge in [-0.15, -0.1) is 11.8 Å². The van der Waals surface area contributed by atoms with Gasteiger partial charge in [-0.1, -0.05) is 26.5 Å². The Labute approximate surface area is 226 Å². The van der Waals surface area contributed by atoms with E-state index in [4.69, 9.17) is 15.1 Å². The molecule has 2 heterocycles. The Balaban J connectivity index is 2.00. The van der Waals surface area contributed by atoms with Crippen LogP contribution in [0, 0.1) is 0 Å². The van der Waals surface area contributed by atoms with Crippen molar-refractivity contribution in [2.75, 3.05) is 19.3 Å². The number of hydrogen-bond donors (Lipinski definition) is 3. The average Bonchev–Trinajstić information content (AvgIpc) is 3.19. The van der Waals surface area contributed by atoms with E-state index < -0.39 is 5.54 Å². The molecule has 1 aliphatic heterocycles. The van der Waals surface area contributed by atoms with Crippen molar-refractivity contribution in [3.8, 4) is 0 Å². The molecule has 0 aliphatic carbocycles. The summed E-state index contributed by atoms with van der Waals surface area (Å²) in [6.45, 7) is 11.8. The molecule has 2 atom stereocenters. The van der Waals surface area contributed by atoms with Crippen molar-refractivity contribution in [1.82, 2.24) is 25.7 Å². The van der Waals surface area contributed by atoms with Gasteiger partial charge in [-0.3, -0.25) is 14.7 Å². The molecule has 0 amide bonds. The average molecular weight is 530 g/mol. The smallest absolute Gasteiger partial charge is 0.120 e. The molecule has 2 unspecified atom stereocenters. The Bertz CT molecular complexity index is 1010. The second-order valence-corrected chi connectivity index (χ2v) is 9.93. The normalized spacial score (nSPS) is 19.7. The minimum Gasteiger partial charge on any atom is -0.372 e. The van der Waals surface area contributed by atoms with Gasteiger partial charge in [0.1, 0.15) is 27.8 Å². The first kappa shape index (κ1) is 30.6. The van der Waals surface area contributed by atoms with Crippen LogP contribution in [0.1, 0.15) is 65.0 Å². The van der Waals surface area contributed by atoms with Crippen molar-refractivity contribution in [3.63, 3.8) is 0 Å². The molecule has 1 aromatic heterocycles. The summed E-state index contributed by atoms with van der Waals surface area (Å²) in [6.07, 6.45) is 19.7. The van der Waals surface area contributed by atoms with E-state index in [1.165, 1.54) is 12.2 Å². The van der Waals surface area contributed by atoms with Gasteiger partial charge in [0, 0.05) is 31.7 Å². The zero-order chi connectivity index (χ0) is 27.1. The fraction of sp³-hybridized carbons (Fsp3) is 0.536. The quantitative estimate of drug-likeness (QED) is 0.118. The Morgan fingerprint density at radius 3 is 2.95 bits per heavy atom. The number of allylic oxidation sites excluding steroid dienone is 6. The third-order valence-corrected chi connectivity index (χ3v) is 6.99.